The van der Waals surface area contributed by atoms with Gasteiger partial charge in [-0.3, -0.25) is 0 Å². The lowest BCUT2D eigenvalue weighted by molar-refractivity contribution is -0.388. The molecule has 14 N–H and O–H groups in total. The lowest BCUT2D eigenvalue weighted by Gasteiger charge is -2.58. The summed E-state index contributed by atoms with van der Waals surface area (Å²) in [6.45, 7) is 8.03. The Bertz CT molecular complexity index is 1920. The Morgan fingerprint density at radius 3 is 1.85 bits per heavy atom. The zero-order valence-electron chi connectivity index (χ0n) is 42.9. The van der Waals surface area contributed by atoms with Crippen LogP contribution in [-0.4, -0.2) is 239 Å². The molecule has 0 aromatic carbocycles. The van der Waals surface area contributed by atoms with Crippen LogP contribution in [-0.2, 0) is 42.6 Å². The smallest absolute Gasteiger partial charge is 0.187 e. The van der Waals surface area contributed by atoms with Gasteiger partial charge < -0.3 is 114 Å². The summed E-state index contributed by atoms with van der Waals surface area (Å²) in [5.41, 5.74) is 0.972. The molecule has 5 aliphatic heterocycles. The van der Waals surface area contributed by atoms with Crippen LogP contribution in [0.3, 0.4) is 0 Å². The molecule has 8 fully saturated rings. The highest BCUT2D eigenvalue weighted by Gasteiger charge is 2.68. The molecule has 74 heavy (non-hydrogen) atoms. The van der Waals surface area contributed by atoms with E-state index in [2.05, 4.69) is 26.8 Å². The highest BCUT2D eigenvalue weighted by Crippen LogP contribution is 2.70. The molecule has 23 unspecified atom stereocenters. The van der Waals surface area contributed by atoms with Crippen LogP contribution in [0.1, 0.15) is 92.4 Å². The first-order chi connectivity index (χ1) is 35.0. The fraction of sp³-hybridized carbons (Fsp3) is 0.961. The third-order valence-electron chi connectivity index (χ3n) is 19.6. The largest absolute Gasteiger partial charge is 0.396 e. The van der Waals surface area contributed by atoms with Crippen LogP contribution >= 0.6 is 0 Å². The molecule has 0 amide bonds. The molecular formula is C51H84O23. The number of ether oxygens (including phenoxy) is 9. The molecule has 4 aliphatic carbocycles. The number of allylic oxidation sites excluding steroid dienone is 1. The first-order valence-corrected chi connectivity index (χ1v) is 26.9. The number of hydrogen-bond acceptors (Lipinski definition) is 23. The molecule has 23 heteroatoms. The Morgan fingerprint density at radius 2 is 1.23 bits per heavy atom. The maximum absolute atomic E-state index is 12.1. The van der Waals surface area contributed by atoms with E-state index in [4.69, 9.17) is 42.6 Å². The third kappa shape index (κ3) is 10.2. The van der Waals surface area contributed by atoms with Crippen LogP contribution in [0.5, 0.6) is 0 Å². The summed E-state index contributed by atoms with van der Waals surface area (Å²) in [5.74, 6) is -0.984. The van der Waals surface area contributed by atoms with Crippen molar-refractivity contribution in [2.75, 3.05) is 26.4 Å². The van der Waals surface area contributed by atoms with E-state index in [1.165, 1.54) is 19.4 Å². The Kier molecular flexibility index (Phi) is 17.4. The molecule has 5 saturated heterocycles. The second-order valence-electron chi connectivity index (χ2n) is 23.8. The SMILES string of the molecule is CC1OC(OC2C(CO)OC(OC3CC[C@@]4(C)C(=CC[C@H]5[C@@H]6C[C@@H]7OC(O)(CCC(CO)COC8OC(CO)C(O)C(O)C8O)[C@@H](C)[C@@H]7[C@@]6(C)CC[C@@H]54)C3)C(OC3OC(C)C(O)C(O)C3O)C2O)C(O)C(O)C1O. The van der Waals surface area contributed by atoms with Gasteiger partial charge in [0.1, 0.15) is 85.5 Å². The highest BCUT2D eigenvalue weighted by molar-refractivity contribution is 5.26. The zero-order valence-corrected chi connectivity index (χ0v) is 42.9. The topological polar surface area (TPSA) is 366 Å². The van der Waals surface area contributed by atoms with Crippen LogP contribution in [0.15, 0.2) is 11.6 Å². The molecule has 9 rings (SSSR count). The molecule has 3 saturated carbocycles. The van der Waals surface area contributed by atoms with Crippen LogP contribution in [0.4, 0.5) is 0 Å². The van der Waals surface area contributed by atoms with Crippen molar-refractivity contribution in [3.05, 3.63) is 11.6 Å². The Labute approximate surface area is 430 Å². The predicted molar refractivity (Wildman–Crippen MR) is 250 cm³/mol. The molecule has 0 bridgehead atoms. The summed E-state index contributed by atoms with van der Waals surface area (Å²) >= 11 is 0. The van der Waals surface area contributed by atoms with Gasteiger partial charge in [0, 0.05) is 24.9 Å². The number of hydrogen-bond donors (Lipinski definition) is 14. The predicted octanol–water partition coefficient (Wildman–Crippen LogP) is -3.01. The Balaban J connectivity index is 0.850. The summed E-state index contributed by atoms with van der Waals surface area (Å²) in [5, 5.41) is 149. The number of fused-ring (bicyclic) bond motifs is 7. The van der Waals surface area contributed by atoms with E-state index in [0.29, 0.717) is 37.0 Å². The van der Waals surface area contributed by atoms with Crippen molar-refractivity contribution in [1.29, 1.82) is 0 Å². The van der Waals surface area contributed by atoms with Crippen molar-refractivity contribution in [3.63, 3.8) is 0 Å². The van der Waals surface area contributed by atoms with Gasteiger partial charge in [0.2, 0.25) is 0 Å². The summed E-state index contributed by atoms with van der Waals surface area (Å²) in [7, 11) is 0. The molecule has 23 nitrogen and oxygen atoms in total. The van der Waals surface area contributed by atoms with E-state index >= 15 is 0 Å². The quantitative estimate of drug-likeness (QED) is 0.0727. The molecule has 0 spiro atoms. The van der Waals surface area contributed by atoms with Gasteiger partial charge in [-0.15, -0.1) is 0 Å². The van der Waals surface area contributed by atoms with Crippen molar-refractivity contribution in [2.45, 2.75) is 233 Å². The number of aliphatic hydroxyl groups excluding tert-OH is 13. The normalized spacial score (nSPS) is 54.9. The zero-order chi connectivity index (χ0) is 53.5. The van der Waals surface area contributed by atoms with Gasteiger partial charge in [0.15, 0.2) is 30.9 Å². The lowest BCUT2D eigenvalue weighted by Crippen LogP contribution is -2.66. The van der Waals surface area contributed by atoms with Crippen molar-refractivity contribution in [3.8, 4) is 0 Å². The summed E-state index contributed by atoms with van der Waals surface area (Å²) in [6, 6.07) is 0. The van der Waals surface area contributed by atoms with E-state index < -0.39 is 154 Å². The Hall–Kier alpha value is -1.18. The van der Waals surface area contributed by atoms with Crippen LogP contribution in [0.2, 0.25) is 0 Å². The van der Waals surface area contributed by atoms with Gasteiger partial charge in [-0.25, -0.2) is 0 Å². The second kappa shape index (κ2) is 22.4. The van der Waals surface area contributed by atoms with Crippen molar-refractivity contribution >= 4 is 0 Å². The van der Waals surface area contributed by atoms with E-state index in [1.807, 2.05) is 0 Å². The Morgan fingerprint density at radius 1 is 0.635 bits per heavy atom. The first-order valence-electron chi connectivity index (χ1n) is 26.9. The minimum absolute atomic E-state index is 0.0749. The molecule has 9 aliphatic rings. The fourth-order valence-corrected chi connectivity index (χ4v) is 15.0. The minimum Gasteiger partial charge on any atom is -0.396 e. The summed E-state index contributed by atoms with van der Waals surface area (Å²) in [6.07, 6.45) is -21.6. The minimum atomic E-state index is -1.76. The number of aliphatic hydroxyl groups is 14. The fourth-order valence-electron chi connectivity index (χ4n) is 15.0. The van der Waals surface area contributed by atoms with Crippen LogP contribution in [0.25, 0.3) is 0 Å². The molecule has 426 valence electrons. The average Bonchev–Trinajstić information content (AvgIpc) is 3.82. The first kappa shape index (κ1) is 57.5. The molecule has 0 aromatic rings. The lowest BCUT2D eigenvalue weighted by atomic mass is 9.47. The van der Waals surface area contributed by atoms with Crippen molar-refractivity contribution in [1.82, 2.24) is 0 Å². The van der Waals surface area contributed by atoms with Crippen LogP contribution < -0.4 is 0 Å². The highest BCUT2D eigenvalue weighted by atomic mass is 16.8. The molecule has 0 aromatic heterocycles. The molecule has 5 heterocycles. The van der Waals surface area contributed by atoms with E-state index in [9.17, 15) is 71.5 Å². The van der Waals surface area contributed by atoms with Gasteiger partial charge in [-0.1, -0.05) is 32.4 Å². The van der Waals surface area contributed by atoms with Gasteiger partial charge in [0.25, 0.3) is 0 Å². The summed E-state index contributed by atoms with van der Waals surface area (Å²) < 4.78 is 54.4. The van der Waals surface area contributed by atoms with Gasteiger partial charge >= 0.3 is 0 Å². The van der Waals surface area contributed by atoms with Crippen molar-refractivity contribution in [2.24, 2.45) is 46.3 Å². The standard InChI is InChI=1S/C51H84O23/c1-20-32-29(74-51(20,65)13-8-23(16-52)19-66-45-39(61)38(60)35(57)30(17-53)70-45)15-28-26-7-6-24-14-25(9-11-49(24,4)27(26)10-12-50(28,32)5)69-48-44(73-47-41(63)37(59)34(56)22(3)68-47)42(64)43(31(18-54)71-48)72-46-40(62)36(58)33(55)21(2)67-46/h6,20-23,25-48,52-65H,7-19H2,1-5H3/t20-,21?,22?,23?,25?,26+,27-,28-,29-,30?,31?,32-,33?,34?,35?,36?,37?,38?,39?,40?,41?,42?,43?,44?,45?,46?,47?,48?,49-,50-,51?/m0/s1. The molecule has 31 atom stereocenters. The van der Waals surface area contributed by atoms with E-state index in [-0.39, 0.29) is 48.4 Å². The van der Waals surface area contributed by atoms with Crippen molar-refractivity contribution < 1.29 is 114 Å². The average molecular weight is 1070 g/mol. The summed E-state index contributed by atoms with van der Waals surface area (Å²) in [4.78, 5) is 0. The van der Waals surface area contributed by atoms with Crippen LogP contribution in [0, 0.1) is 46.3 Å². The van der Waals surface area contributed by atoms with Gasteiger partial charge in [0.05, 0.1) is 44.2 Å². The van der Waals surface area contributed by atoms with E-state index in [0.717, 1.165) is 32.1 Å². The molecular weight excluding hydrogens is 981 g/mol. The maximum atomic E-state index is 12.1. The van der Waals surface area contributed by atoms with Gasteiger partial charge in [-0.05, 0) is 99.7 Å². The maximum Gasteiger partial charge on any atom is 0.187 e. The monoisotopic (exact) mass is 1060 g/mol. The second-order valence-corrected chi connectivity index (χ2v) is 23.8. The third-order valence-corrected chi connectivity index (χ3v) is 19.6. The molecule has 0 radical (unpaired) electrons. The number of rotatable bonds is 15. The van der Waals surface area contributed by atoms with Gasteiger partial charge in [-0.2, -0.15) is 0 Å². The van der Waals surface area contributed by atoms with E-state index in [1.54, 1.807) is 0 Å².